The molecule has 5 heteroatoms. The van der Waals surface area contributed by atoms with Crippen LogP contribution in [0.15, 0.2) is 36.4 Å². The van der Waals surface area contributed by atoms with Gasteiger partial charge in [-0.25, -0.2) is 4.98 Å². The molecule has 23 heavy (non-hydrogen) atoms. The van der Waals surface area contributed by atoms with Gasteiger partial charge in [-0.15, -0.1) is 0 Å². The minimum absolute atomic E-state index is 0.0108. The van der Waals surface area contributed by atoms with Crippen LogP contribution in [0.1, 0.15) is 40.2 Å². The molecule has 3 rings (SSSR count). The zero-order chi connectivity index (χ0) is 16.2. The van der Waals surface area contributed by atoms with E-state index in [2.05, 4.69) is 22.4 Å². The highest BCUT2D eigenvalue weighted by Crippen LogP contribution is 2.24. The summed E-state index contributed by atoms with van der Waals surface area (Å²) in [5, 5.41) is 3.90. The third kappa shape index (κ3) is 4.31. The number of benzene rings is 1. The standard InChI is InChI=1S/C18H18Cl2N2O/c19-17-9-15(10-18(20)22-17)16(23)8-12-3-5-13(6-4-12)14-2-1-7-21-11-14/h3-6,9-10,14,21H,1-2,7-8,11H2/t14-/m1/s1. The van der Waals surface area contributed by atoms with Gasteiger partial charge in [0, 0.05) is 18.5 Å². The van der Waals surface area contributed by atoms with Gasteiger partial charge >= 0.3 is 0 Å². The van der Waals surface area contributed by atoms with E-state index in [-0.39, 0.29) is 16.1 Å². The quantitative estimate of drug-likeness (QED) is 0.662. The van der Waals surface area contributed by atoms with Crippen LogP contribution in [0.25, 0.3) is 0 Å². The summed E-state index contributed by atoms with van der Waals surface area (Å²) in [5.74, 6) is 0.564. The van der Waals surface area contributed by atoms with Gasteiger partial charge in [0.1, 0.15) is 10.3 Å². The van der Waals surface area contributed by atoms with Crippen LogP contribution in [0.2, 0.25) is 10.3 Å². The average Bonchev–Trinajstić information content (AvgIpc) is 2.55. The molecular weight excluding hydrogens is 331 g/mol. The third-order valence-electron chi connectivity index (χ3n) is 4.20. The van der Waals surface area contributed by atoms with E-state index in [9.17, 15) is 4.79 Å². The van der Waals surface area contributed by atoms with Gasteiger partial charge < -0.3 is 5.32 Å². The Kier molecular flexibility index (Phi) is 5.31. The Bertz CT molecular complexity index is 674. The van der Waals surface area contributed by atoms with E-state index < -0.39 is 0 Å². The smallest absolute Gasteiger partial charge is 0.167 e. The predicted octanol–water partition coefficient (Wildman–Crippen LogP) is 4.28. The summed E-state index contributed by atoms with van der Waals surface area (Å²) in [6.07, 6.45) is 2.77. The molecular formula is C18H18Cl2N2O. The molecule has 2 aromatic rings. The molecule has 1 aliphatic rings. The molecule has 2 heterocycles. The number of pyridine rings is 1. The van der Waals surface area contributed by atoms with Crippen LogP contribution in [-0.4, -0.2) is 23.9 Å². The van der Waals surface area contributed by atoms with Gasteiger partial charge in [0.15, 0.2) is 5.78 Å². The van der Waals surface area contributed by atoms with Gasteiger partial charge in [0.05, 0.1) is 0 Å². The number of hydrogen-bond donors (Lipinski definition) is 1. The molecule has 1 aromatic carbocycles. The van der Waals surface area contributed by atoms with Crippen molar-refractivity contribution in [1.82, 2.24) is 10.3 Å². The Morgan fingerprint density at radius 2 is 1.87 bits per heavy atom. The fourth-order valence-corrected chi connectivity index (χ4v) is 3.42. The second kappa shape index (κ2) is 7.43. The molecule has 0 spiro atoms. The molecule has 0 unspecified atom stereocenters. The van der Waals surface area contributed by atoms with E-state index >= 15 is 0 Å². The van der Waals surface area contributed by atoms with Crippen LogP contribution >= 0.6 is 23.2 Å². The van der Waals surface area contributed by atoms with Crippen LogP contribution in [0, 0.1) is 0 Å². The monoisotopic (exact) mass is 348 g/mol. The third-order valence-corrected chi connectivity index (χ3v) is 4.58. The zero-order valence-electron chi connectivity index (χ0n) is 12.7. The number of carbonyl (C=O) groups is 1. The molecule has 1 N–H and O–H groups in total. The van der Waals surface area contributed by atoms with Gasteiger partial charge in [-0.3, -0.25) is 4.79 Å². The highest BCUT2D eigenvalue weighted by molar-refractivity contribution is 6.33. The number of nitrogens with zero attached hydrogens (tertiary/aromatic N) is 1. The van der Waals surface area contributed by atoms with Crippen molar-refractivity contribution in [2.24, 2.45) is 0 Å². The Morgan fingerprint density at radius 3 is 2.48 bits per heavy atom. The molecule has 1 aromatic heterocycles. The van der Waals surface area contributed by atoms with Crippen molar-refractivity contribution in [2.45, 2.75) is 25.2 Å². The number of ketones is 1. The second-order valence-electron chi connectivity index (χ2n) is 5.89. The molecule has 1 aliphatic heterocycles. The molecule has 0 saturated carbocycles. The van der Waals surface area contributed by atoms with Gasteiger partial charge in [-0.2, -0.15) is 0 Å². The lowest BCUT2D eigenvalue weighted by Gasteiger charge is -2.23. The summed E-state index contributed by atoms with van der Waals surface area (Å²) in [5.41, 5.74) is 2.82. The first-order valence-electron chi connectivity index (χ1n) is 7.77. The SMILES string of the molecule is O=C(Cc1ccc([C@@H]2CCCNC2)cc1)c1cc(Cl)nc(Cl)c1. The Labute approximate surface area is 146 Å². The lowest BCUT2D eigenvalue weighted by molar-refractivity contribution is 0.0993. The molecule has 0 bridgehead atoms. The van der Waals surface area contributed by atoms with Gasteiger partial charge in [-0.05, 0) is 48.6 Å². The number of hydrogen-bond acceptors (Lipinski definition) is 3. The van der Waals surface area contributed by atoms with E-state index in [1.54, 1.807) is 12.1 Å². The van der Waals surface area contributed by atoms with Gasteiger partial charge in [-0.1, -0.05) is 47.5 Å². The van der Waals surface area contributed by atoms with Gasteiger partial charge in [0.2, 0.25) is 0 Å². The van der Waals surface area contributed by atoms with E-state index in [0.717, 1.165) is 18.7 Å². The number of halogens is 2. The van der Waals surface area contributed by atoms with Crippen molar-refractivity contribution in [1.29, 1.82) is 0 Å². The molecule has 120 valence electrons. The van der Waals surface area contributed by atoms with Crippen molar-refractivity contribution in [2.75, 3.05) is 13.1 Å². The normalized spacial score (nSPS) is 17.9. The van der Waals surface area contributed by atoms with Crippen molar-refractivity contribution in [3.05, 3.63) is 63.4 Å². The van der Waals surface area contributed by atoms with E-state index in [1.807, 2.05) is 12.1 Å². The Morgan fingerprint density at radius 1 is 1.17 bits per heavy atom. The number of nitrogens with one attached hydrogen (secondary N) is 1. The highest BCUT2D eigenvalue weighted by atomic mass is 35.5. The summed E-state index contributed by atoms with van der Waals surface area (Å²) >= 11 is 11.7. The Balaban J connectivity index is 1.68. The maximum absolute atomic E-state index is 12.4. The molecule has 1 atom stereocenters. The number of piperidine rings is 1. The van der Waals surface area contributed by atoms with Crippen LogP contribution in [0.3, 0.4) is 0 Å². The fraction of sp³-hybridized carbons (Fsp3) is 0.333. The summed E-state index contributed by atoms with van der Waals surface area (Å²) in [7, 11) is 0. The van der Waals surface area contributed by atoms with Crippen molar-refractivity contribution < 1.29 is 4.79 Å². The van der Waals surface area contributed by atoms with Crippen molar-refractivity contribution in [3.63, 3.8) is 0 Å². The lowest BCUT2D eigenvalue weighted by Crippen LogP contribution is -2.28. The van der Waals surface area contributed by atoms with E-state index in [0.29, 0.717) is 17.9 Å². The first-order valence-corrected chi connectivity index (χ1v) is 8.53. The molecule has 3 nitrogen and oxygen atoms in total. The first-order chi connectivity index (χ1) is 11.1. The minimum atomic E-state index is -0.0108. The van der Waals surface area contributed by atoms with Crippen LogP contribution in [0.5, 0.6) is 0 Å². The number of rotatable bonds is 4. The number of carbonyl (C=O) groups excluding carboxylic acids is 1. The lowest BCUT2D eigenvalue weighted by atomic mass is 9.90. The van der Waals surface area contributed by atoms with Crippen LogP contribution in [0.4, 0.5) is 0 Å². The maximum atomic E-state index is 12.4. The molecule has 0 amide bonds. The summed E-state index contributed by atoms with van der Waals surface area (Å²) < 4.78 is 0. The largest absolute Gasteiger partial charge is 0.316 e. The molecule has 0 aliphatic carbocycles. The first kappa shape index (κ1) is 16.4. The minimum Gasteiger partial charge on any atom is -0.316 e. The average molecular weight is 349 g/mol. The highest BCUT2D eigenvalue weighted by Gasteiger charge is 2.15. The molecule has 1 fully saturated rings. The molecule has 0 radical (unpaired) electrons. The summed E-state index contributed by atoms with van der Waals surface area (Å²) in [4.78, 5) is 16.2. The number of aromatic nitrogens is 1. The second-order valence-corrected chi connectivity index (χ2v) is 6.66. The fourth-order valence-electron chi connectivity index (χ4n) is 2.96. The van der Waals surface area contributed by atoms with Crippen LogP contribution in [-0.2, 0) is 6.42 Å². The molecule has 1 saturated heterocycles. The zero-order valence-corrected chi connectivity index (χ0v) is 14.2. The van der Waals surface area contributed by atoms with Crippen molar-refractivity contribution >= 4 is 29.0 Å². The topological polar surface area (TPSA) is 42.0 Å². The Hall–Kier alpha value is -1.42. The summed E-state index contributed by atoms with van der Waals surface area (Å²) in [6.45, 7) is 2.15. The van der Waals surface area contributed by atoms with Gasteiger partial charge in [0.25, 0.3) is 0 Å². The maximum Gasteiger partial charge on any atom is 0.167 e. The van der Waals surface area contributed by atoms with Crippen molar-refractivity contribution in [3.8, 4) is 0 Å². The predicted molar refractivity (Wildman–Crippen MR) is 93.6 cm³/mol. The van der Waals surface area contributed by atoms with Crippen LogP contribution < -0.4 is 5.32 Å². The van der Waals surface area contributed by atoms with E-state index in [4.69, 9.17) is 23.2 Å². The van der Waals surface area contributed by atoms with E-state index in [1.165, 1.54) is 18.4 Å². The number of Topliss-reactive ketones (excluding diaryl/α,β-unsaturated/α-hetero) is 1. The summed E-state index contributed by atoms with van der Waals surface area (Å²) in [6, 6.07) is 11.4.